The summed E-state index contributed by atoms with van der Waals surface area (Å²) in [4.78, 5) is 18.6. The fourth-order valence-corrected chi connectivity index (χ4v) is 0.0713. The van der Waals surface area contributed by atoms with Crippen molar-refractivity contribution in [3.8, 4) is 0 Å². The first-order valence-corrected chi connectivity index (χ1v) is 1.43. The third-order valence-electron chi connectivity index (χ3n) is 0.258. The predicted molar refractivity (Wildman–Crippen MR) is 25.5 cm³/mol. The summed E-state index contributed by atoms with van der Waals surface area (Å²) in [6.45, 7) is 0. The normalized spacial score (nSPS) is 6.29. The van der Waals surface area contributed by atoms with Gasteiger partial charge in [0, 0.05) is 0 Å². The molecule has 0 saturated carbocycles. The van der Waals surface area contributed by atoms with Gasteiger partial charge < -0.3 is 9.90 Å². The molecule has 3 nitrogen and oxygen atoms in total. The number of rotatable bonds is 2. The van der Waals surface area contributed by atoms with Crippen LogP contribution < -0.4 is 0 Å². The maximum atomic E-state index is 9.37. The molecule has 0 amide bonds. The molecule has 0 aliphatic heterocycles. The molecule has 7 heavy (non-hydrogen) atoms. The van der Waals surface area contributed by atoms with Gasteiger partial charge in [-0.15, -0.1) is 0 Å². The van der Waals surface area contributed by atoms with E-state index in [2.05, 4.69) is 0 Å². The average molecular weight is 128 g/mol. The number of carbonyl (C=O) groups excluding carboxylic acids is 1. The van der Waals surface area contributed by atoms with Crippen LogP contribution in [0.4, 0.5) is 0 Å². The van der Waals surface area contributed by atoms with E-state index in [1.165, 1.54) is 0 Å². The Morgan fingerprint density at radius 3 is 2.14 bits per heavy atom. The first-order valence-electron chi connectivity index (χ1n) is 1.43. The number of carboxylic acid groups (broad SMARTS) is 1. The number of carbonyl (C=O) groups is 2. The molecule has 0 spiro atoms. The van der Waals surface area contributed by atoms with Crippen LogP contribution in [0.15, 0.2) is 0 Å². The first kappa shape index (κ1) is 10.7. The van der Waals surface area contributed by atoms with Crippen molar-refractivity contribution in [2.75, 3.05) is 0 Å². The number of carboxylic acids is 1. The molecule has 0 aromatic rings. The summed E-state index contributed by atoms with van der Waals surface area (Å²) in [5.74, 6) is -1.08. The van der Waals surface area contributed by atoms with Crippen LogP contribution in [-0.4, -0.2) is 68.7 Å². The summed E-state index contributed by atoms with van der Waals surface area (Å²) in [6.07, 6.45) is -0.0394. The zero-order valence-corrected chi connectivity index (χ0v) is 3.05. The molecule has 0 rings (SSSR count). The van der Waals surface area contributed by atoms with Gasteiger partial charge in [-0.1, -0.05) is 0 Å². The molecule has 0 atom stereocenters. The summed E-state index contributed by atoms with van der Waals surface area (Å²) in [5.41, 5.74) is 0. The van der Waals surface area contributed by atoms with Gasteiger partial charge in [0.15, 0.2) is 0 Å². The summed E-state index contributed by atoms with van der Waals surface area (Å²) >= 11 is 0. The summed E-state index contributed by atoms with van der Waals surface area (Å²) in [6, 6.07) is 0. The Kier molecular flexibility index (Phi) is 10.4. The molecule has 0 aliphatic carbocycles. The predicted octanol–water partition coefficient (Wildman–Crippen LogP) is -0.989. The molecule has 0 heterocycles. The van der Waals surface area contributed by atoms with Gasteiger partial charge in [0.2, 0.25) is 0 Å². The third kappa shape index (κ3) is 10.8. The SMILES string of the molecule is O=CCC(=O)O.[KH]. The van der Waals surface area contributed by atoms with Gasteiger partial charge in [-0.3, -0.25) is 4.79 Å². The molecule has 4 heteroatoms. The zero-order valence-electron chi connectivity index (χ0n) is 3.05. The van der Waals surface area contributed by atoms with Gasteiger partial charge in [-0.2, -0.15) is 0 Å². The topological polar surface area (TPSA) is 54.4 Å². The Labute approximate surface area is 83.5 Å². The molecular weight excluding hydrogens is 123 g/mol. The number of aldehydes is 1. The second kappa shape index (κ2) is 6.78. The van der Waals surface area contributed by atoms with E-state index in [1.807, 2.05) is 0 Å². The quantitative estimate of drug-likeness (QED) is 0.295. The van der Waals surface area contributed by atoms with E-state index in [0.717, 1.165) is 0 Å². The minimum absolute atomic E-state index is 0. The first-order chi connectivity index (χ1) is 2.77. The third-order valence-corrected chi connectivity index (χ3v) is 0.258. The van der Waals surface area contributed by atoms with Crippen LogP contribution in [0.5, 0.6) is 0 Å². The van der Waals surface area contributed by atoms with Crippen molar-refractivity contribution in [3.63, 3.8) is 0 Å². The molecule has 0 radical (unpaired) electrons. The van der Waals surface area contributed by atoms with Crippen molar-refractivity contribution in [1.29, 1.82) is 0 Å². The van der Waals surface area contributed by atoms with E-state index in [1.54, 1.807) is 0 Å². The maximum absolute atomic E-state index is 9.37. The van der Waals surface area contributed by atoms with Gasteiger partial charge in [-0.25, -0.2) is 0 Å². The van der Waals surface area contributed by atoms with Gasteiger partial charge in [0.25, 0.3) is 0 Å². The number of hydrogen-bond donors (Lipinski definition) is 1. The van der Waals surface area contributed by atoms with Crippen LogP contribution in [0.25, 0.3) is 0 Å². The van der Waals surface area contributed by atoms with Crippen molar-refractivity contribution in [1.82, 2.24) is 0 Å². The Morgan fingerprint density at radius 1 is 1.71 bits per heavy atom. The fourth-order valence-electron chi connectivity index (χ4n) is 0.0713. The van der Waals surface area contributed by atoms with E-state index in [4.69, 9.17) is 5.11 Å². The van der Waals surface area contributed by atoms with Gasteiger partial charge >= 0.3 is 57.4 Å². The van der Waals surface area contributed by atoms with Crippen LogP contribution in [0, 0.1) is 0 Å². The Hall–Kier alpha value is 0.776. The van der Waals surface area contributed by atoms with Crippen molar-refractivity contribution in [3.05, 3.63) is 0 Å². The fraction of sp³-hybridized carbons (Fsp3) is 0.333. The average Bonchev–Trinajstić information content (AvgIpc) is 1.35. The molecule has 0 aliphatic rings. The van der Waals surface area contributed by atoms with Crippen molar-refractivity contribution < 1.29 is 14.7 Å². The van der Waals surface area contributed by atoms with Gasteiger partial charge in [-0.05, 0) is 0 Å². The molecule has 0 unspecified atom stereocenters. The Morgan fingerprint density at radius 2 is 2.14 bits per heavy atom. The van der Waals surface area contributed by atoms with Crippen molar-refractivity contribution >= 4 is 63.6 Å². The van der Waals surface area contributed by atoms with E-state index >= 15 is 0 Å². The number of hydrogen-bond acceptors (Lipinski definition) is 2. The molecule has 1 N–H and O–H groups in total. The van der Waals surface area contributed by atoms with Crippen LogP contribution in [0.1, 0.15) is 6.42 Å². The number of aliphatic carboxylic acids is 1. The molecule has 36 valence electrons. The standard InChI is InChI=1S/C3H4O3.K.H/c4-2-1-3(5)6;;/h2H,1H2,(H,5,6);;. The minimum atomic E-state index is -1.08. The van der Waals surface area contributed by atoms with Gasteiger partial charge in [0.1, 0.15) is 12.7 Å². The van der Waals surface area contributed by atoms with Crippen molar-refractivity contribution in [2.24, 2.45) is 0 Å². The van der Waals surface area contributed by atoms with E-state index in [9.17, 15) is 9.59 Å². The summed E-state index contributed by atoms with van der Waals surface area (Å²) in [7, 11) is 0. The summed E-state index contributed by atoms with van der Waals surface area (Å²) in [5, 5.41) is 7.68. The second-order valence-electron chi connectivity index (χ2n) is 0.765. The van der Waals surface area contributed by atoms with E-state index in [-0.39, 0.29) is 57.8 Å². The second-order valence-corrected chi connectivity index (χ2v) is 0.765. The molecular formula is C3H5KO3. The molecule has 0 aromatic heterocycles. The van der Waals surface area contributed by atoms with E-state index < -0.39 is 5.97 Å². The Bertz CT molecular complexity index is 70.6. The van der Waals surface area contributed by atoms with Gasteiger partial charge in [0.05, 0.1) is 0 Å². The van der Waals surface area contributed by atoms with Crippen LogP contribution in [0.2, 0.25) is 0 Å². The molecule has 0 saturated heterocycles. The zero-order chi connectivity index (χ0) is 4.99. The van der Waals surface area contributed by atoms with Crippen LogP contribution >= 0.6 is 0 Å². The molecule has 0 fully saturated rings. The van der Waals surface area contributed by atoms with Crippen molar-refractivity contribution in [2.45, 2.75) is 6.42 Å². The molecule has 0 aromatic carbocycles. The van der Waals surface area contributed by atoms with E-state index in [0.29, 0.717) is 6.29 Å². The summed E-state index contributed by atoms with van der Waals surface area (Å²) < 4.78 is 0. The monoisotopic (exact) mass is 128 g/mol. The molecule has 0 bridgehead atoms. The van der Waals surface area contributed by atoms with Crippen LogP contribution in [-0.2, 0) is 9.59 Å². The van der Waals surface area contributed by atoms with Crippen LogP contribution in [0.3, 0.4) is 0 Å². The Balaban J connectivity index is 0.